The molecule has 1 aliphatic heterocycles. The van der Waals surface area contributed by atoms with Crippen LogP contribution in [0.5, 0.6) is 0 Å². The zero-order chi connectivity index (χ0) is 25.5. The van der Waals surface area contributed by atoms with Gasteiger partial charge in [-0.2, -0.15) is 0 Å². The topological polar surface area (TPSA) is 67.2 Å². The van der Waals surface area contributed by atoms with Gasteiger partial charge in [-0.15, -0.1) is 0 Å². The molecule has 1 aromatic heterocycles. The largest absolute Gasteiger partial charge is 0.372 e. The van der Waals surface area contributed by atoms with Crippen LogP contribution < -0.4 is 15.8 Å². The molecule has 1 fully saturated rings. The van der Waals surface area contributed by atoms with Crippen LogP contribution in [0.1, 0.15) is 30.4 Å². The molecule has 6 nitrogen and oxygen atoms in total. The third-order valence-electron chi connectivity index (χ3n) is 6.72. The van der Waals surface area contributed by atoms with Crippen molar-refractivity contribution in [3.05, 3.63) is 100 Å². The second kappa shape index (κ2) is 12.1. The lowest BCUT2D eigenvalue weighted by atomic mass is 10.1. The predicted molar refractivity (Wildman–Crippen MR) is 151 cm³/mol. The molecular weight excluding hydrogens is 480 g/mol. The van der Waals surface area contributed by atoms with Crippen LogP contribution in [0.25, 0.3) is 10.9 Å². The predicted octanol–water partition coefficient (Wildman–Crippen LogP) is 4.89. The average molecular weight is 513 g/mol. The van der Waals surface area contributed by atoms with Gasteiger partial charge < -0.3 is 10.2 Å². The molecule has 37 heavy (non-hydrogen) atoms. The summed E-state index contributed by atoms with van der Waals surface area (Å²) in [6.07, 6.45) is 4.40. The molecule has 0 radical (unpaired) electrons. The first kappa shape index (κ1) is 25.1. The van der Waals surface area contributed by atoms with Crippen molar-refractivity contribution in [1.82, 2.24) is 14.9 Å². The van der Waals surface area contributed by atoms with Gasteiger partial charge in [0.2, 0.25) is 5.91 Å². The normalized spacial score (nSPS) is 13.6. The first-order chi connectivity index (χ1) is 18.2. The van der Waals surface area contributed by atoms with Gasteiger partial charge in [0.05, 0.1) is 23.2 Å². The molecule has 5 rings (SSSR count). The maximum atomic E-state index is 13.8. The minimum Gasteiger partial charge on any atom is -0.372 e. The van der Waals surface area contributed by atoms with E-state index >= 15 is 0 Å². The second-order valence-corrected chi connectivity index (χ2v) is 10.3. The number of hydrogen-bond donors (Lipinski definition) is 1. The SMILES string of the molecule is O=C(CSc1nc2ccc(N3CCCCC3)cc2c(=O)n1Cc1ccccc1)NCCc1ccccc1. The van der Waals surface area contributed by atoms with E-state index in [1.807, 2.05) is 60.7 Å². The number of carbonyl (C=O) groups is 1. The van der Waals surface area contributed by atoms with Gasteiger partial charge in [-0.1, -0.05) is 72.4 Å². The van der Waals surface area contributed by atoms with Gasteiger partial charge in [0, 0.05) is 25.3 Å². The number of fused-ring (bicyclic) bond motifs is 1. The maximum Gasteiger partial charge on any atom is 0.262 e. The molecule has 0 spiro atoms. The first-order valence-electron chi connectivity index (χ1n) is 12.9. The van der Waals surface area contributed by atoms with Gasteiger partial charge in [-0.05, 0) is 55.0 Å². The minimum absolute atomic E-state index is 0.0676. The summed E-state index contributed by atoms with van der Waals surface area (Å²) < 4.78 is 1.71. The van der Waals surface area contributed by atoms with Gasteiger partial charge in [0.25, 0.3) is 5.56 Å². The van der Waals surface area contributed by atoms with Gasteiger partial charge in [0.15, 0.2) is 5.16 Å². The van der Waals surface area contributed by atoms with Gasteiger partial charge >= 0.3 is 0 Å². The maximum absolute atomic E-state index is 13.8. The second-order valence-electron chi connectivity index (χ2n) is 9.39. The highest BCUT2D eigenvalue weighted by molar-refractivity contribution is 7.99. The Hall–Kier alpha value is -3.58. The van der Waals surface area contributed by atoms with Crippen molar-refractivity contribution in [3.63, 3.8) is 0 Å². The standard InChI is InChI=1S/C30H32N4O2S/c35-28(31-17-16-23-10-4-1-5-11-23)22-37-30-32-27-15-14-25(33-18-8-3-9-19-33)20-26(27)29(36)34(30)21-24-12-6-2-7-13-24/h1-2,4-7,10-15,20H,3,8-9,16-19,21-22H2,(H,31,35). The average Bonchev–Trinajstić information content (AvgIpc) is 2.95. The number of nitrogens with zero attached hydrogens (tertiary/aromatic N) is 3. The Morgan fingerprint density at radius 1 is 0.892 bits per heavy atom. The van der Waals surface area contributed by atoms with Crippen molar-refractivity contribution in [2.45, 2.75) is 37.4 Å². The summed E-state index contributed by atoms with van der Waals surface area (Å²) in [6.45, 7) is 3.02. The van der Waals surface area contributed by atoms with E-state index in [-0.39, 0.29) is 17.2 Å². The van der Waals surface area contributed by atoms with E-state index in [2.05, 4.69) is 28.4 Å². The van der Waals surface area contributed by atoms with E-state index in [0.717, 1.165) is 30.8 Å². The fraction of sp³-hybridized carbons (Fsp3) is 0.300. The van der Waals surface area contributed by atoms with Crippen LogP contribution in [-0.2, 0) is 17.8 Å². The molecule has 1 amide bonds. The Kier molecular flexibility index (Phi) is 8.21. The lowest BCUT2D eigenvalue weighted by molar-refractivity contribution is -0.118. The summed E-state index contributed by atoms with van der Waals surface area (Å²) in [5.74, 6) is 0.134. The Labute approximate surface area is 221 Å². The fourth-order valence-corrected chi connectivity index (χ4v) is 5.55. The lowest BCUT2D eigenvalue weighted by Gasteiger charge is -2.29. The van der Waals surface area contributed by atoms with Crippen molar-refractivity contribution in [2.24, 2.45) is 0 Å². The number of carbonyl (C=O) groups excluding carboxylic acids is 1. The number of amides is 1. The van der Waals surface area contributed by atoms with E-state index in [1.165, 1.54) is 36.6 Å². The summed E-state index contributed by atoms with van der Waals surface area (Å²) in [6, 6.07) is 26.0. The number of anilines is 1. The molecule has 4 aromatic rings. The van der Waals surface area contributed by atoms with E-state index in [0.29, 0.717) is 29.1 Å². The number of piperidine rings is 1. The van der Waals surface area contributed by atoms with Gasteiger partial charge in [-0.25, -0.2) is 4.98 Å². The monoisotopic (exact) mass is 512 g/mol. The van der Waals surface area contributed by atoms with Crippen LogP contribution >= 0.6 is 11.8 Å². The highest BCUT2D eigenvalue weighted by atomic mass is 32.2. The van der Waals surface area contributed by atoms with E-state index in [9.17, 15) is 9.59 Å². The molecule has 1 N–H and O–H groups in total. The highest BCUT2D eigenvalue weighted by Gasteiger charge is 2.17. The molecule has 0 saturated carbocycles. The molecule has 0 unspecified atom stereocenters. The number of aromatic nitrogens is 2. The van der Waals surface area contributed by atoms with Crippen LogP contribution in [0.3, 0.4) is 0 Å². The summed E-state index contributed by atoms with van der Waals surface area (Å²) in [4.78, 5) is 33.5. The number of thioether (sulfide) groups is 1. The zero-order valence-corrected chi connectivity index (χ0v) is 21.8. The van der Waals surface area contributed by atoms with Crippen LogP contribution in [0.15, 0.2) is 88.8 Å². The van der Waals surface area contributed by atoms with Crippen molar-refractivity contribution in [3.8, 4) is 0 Å². The smallest absolute Gasteiger partial charge is 0.262 e. The number of benzene rings is 3. The molecule has 0 bridgehead atoms. The summed E-state index contributed by atoms with van der Waals surface area (Å²) >= 11 is 1.31. The molecule has 1 saturated heterocycles. The van der Waals surface area contributed by atoms with E-state index in [4.69, 9.17) is 4.98 Å². The molecule has 0 aliphatic carbocycles. The number of nitrogens with one attached hydrogen (secondary N) is 1. The molecule has 2 heterocycles. The number of rotatable bonds is 9. The Morgan fingerprint density at radius 3 is 2.32 bits per heavy atom. The third kappa shape index (κ3) is 6.41. The van der Waals surface area contributed by atoms with Crippen LogP contribution in [0.2, 0.25) is 0 Å². The number of hydrogen-bond acceptors (Lipinski definition) is 5. The van der Waals surface area contributed by atoms with Crippen LogP contribution in [-0.4, -0.2) is 40.8 Å². The van der Waals surface area contributed by atoms with Crippen molar-refractivity contribution in [2.75, 3.05) is 30.3 Å². The third-order valence-corrected chi connectivity index (χ3v) is 7.69. The molecule has 0 atom stereocenters. The van der Waals surface area contributed by atoms with E-state index < -0.39 is 0 Å². The van der Waals surface area contributed by atoms with Crippen molar-refractivity contribution in [1.29, 1.82) is 0 Å². The van der Waals surface area contributed by atoms with Crippen molar-refractivity contribution >= 4 is 34.3 Å². The molecule has 190 valence electrons. The van der Waals surface area contributed by atoms with Gasteiger partial charge in [0.1, 0.15) is 0 Å². The molecule has 1 aliphatic rings. The highest BCUT2D eigenvalue weighted by Crippen LogP contribution is 2.25. The Morgan fingerprint density at radius 2 is 1.59 bits per heavy atom. The van der Waals surface area contributed by atoms with Crippen LogP contribution in [0, 0.1) is 0 Å². The molecule has 3 aromatic carbocycles. The summed E-state index contributed by atoms with van der Waals surface area (Å²) in [5.41, 5.74) is 3.89. The first-order valence-corrected chi connectivity index (χ1v) is 13.9. The summed E-state index contributed by atoms with van der Waals surface area (Å²) in [5, 5.41) is 4.17. The minimum atomic E-state index is -0.0697. The van der Waals surface area contributed by atoms with Gasteiger partial charge in [-0.3, -0.25) is 14.2 Å². The molecular formula is C30H32N4O2S. The lowest BCUT2D eigenvalue weighted by Crippen LogP contribution is -2.30. The fourth-order valence-electron chi connectivity index (χ4n) is 4.72. The Balaban J connectivity index is 1.36. The van der Waals surface area contributed by atoms with Crippen molar-refractivity contribution < 1.29 is 4.79 Å². The van der Waals surface area contributed by atoms with E-state index in [1.54, 1.807) is 4.57 Å². The summed E-state index contributed by atoms with van der Waals surface area (Å²) in [7, 11) is 0. The molecule has 7 heteroatoms. The zero-order valence-electron chi connectivity index (χ0n) is 20.9. The quantitative estimate of drug-likeness (QED) is 0.256. The Bertz CT molecular complexity index is 1400. The van der Waals surface area contributed by atoms with Crippen LogP contribution in [0.4, 0.5) is 5.69 Å².